The van der Waals surface area contributed by atoms with Gasteiger partial charge in [-0.1, -0.05) is 12.1 Å². The first-order valence-electron chi connectivity index (χ1n) is 6.79. The molecule has 23 heavy (non-hydrogen) atoms. The zero-order valence-corrected chi connectivity index (χ0v) is 15.4. The maximum absolute atomic E-state index is 12.3. The summed E-state index contributed by atoms with van der Waals surface area (Å²) in [5, 5.41) is 3.83. The summed E-state index contributed by atoms with van der Waals surface area (Å²) in [5.74, 6) is 0.693. The maximum Gasteiger partial charge on any atom is 0.276 e. The standard InChI is InChI=1S/C16H17BrN2O3S/c1-11-4-5-12(2)16(8-11)23(20,21)19-18-10-13-6-7-15(22-3)14(17)9-13/h4-10,19H,1-3H3/b18-10-. The van der Waals surface area contributed by atoms with Crippen LogP contribution in [0.2, 0.25) is 0 Å². The van der Waals surface area contributed by atoms with Crippen LogP contribution in [0.3, 0.4) is 0 Å². The van der Waals surface area contributed by atoms with Crippen LogP contribution in [-0.2, 0) is 10.0 Å². The lowest BCUT2D eigenvalue weighted by Crippen LogP contribution is -2.19. The highest BCUT2D eigenvalue weighted by molar-refractivity contribution is 9.10. The number of nitrogens with one attached hydrogen (secondary N) is 1. The van der Waals surface area contributed by atoms with E-state index in [0.29, 0.717) is 11.3 Å². The van der Waals surface area contributed by atoms with Crippen molar-refractivity contribution in [3.8, 4) is 5.75 Å². The number of hydrogen-bond acceptors (Lipinski definition) is 4. The van der Waals surface area contributed by atoms with Gasteiger partial charge < -0.3 is 4.74 Å². The summed E-state index contributed by atoms with van der Waals surface area (Å²) in [6.07, 6.45) is 1.44. The largest absolute Gasteiger partial charge is 0.496 e. The second-order valence-corrected chi connectivity index (χ2v) is 7.50. The fourth-order valence-electron chi connectivity index (χ4n) is 1.98. The van der Waals surface area contributed by atoms with Gasteiger partial charge >= 0.3 is 0 Å². The molecule has 0 radical (unpaired) electrons. The molecular weight excluding hydrogens is 380 g/mol. The third-order valence-electron chi connectivity index (χ3n) is 3.20. The molecular formula is C16H17BrN2O3S. The van der Waals surface area contributed by atoms with Crippen LogP contribution in [0.5, 0.6) is 5.75 Å². The summed E-state index contributed by atoms with van der Waals surface area (Å²) in [7, 11) is -2.12. The van der Waals surface area contributed by atoms with Gasteiger partial charge in [-0.3, -0.25) is 0 Å². The topological polar surface area (TPSA) is 67.8 Å². The van der Waals surface area contributed by atoms with Gasteiger partial charge in [-0.25, -0.2) is 4.83 Å². The summed E-state index contributed by atoms with van der Waals surface area (Å²) < 4.78 is 30.5. The molecule has 0 unspecified atom stereocenters. The zero-order valence-electron chi connectivity index (χ0n) is 13.0. The first kappa shape index (κ1) is 17.5. The molecule has 0 bridgehead atoms. The Morgan fingerprint density at radius 1 is 1.17 bits per heavy atom. The fraction of sp³-hybridized carbons (Fsp3) is 0.188. The summed E-state index contributed by atoms with van der Waals surface area (Å²) in [6, 6.07) is 10.6. The van der Waals surface area contributed by atoms with Crippen molar-refractivity contribution in [2.75, 3.05) is 7.11 Å². The van der Waals surface area contributed by atoms with Crippen molar-refractivity contribution in [1.82, 2.24) is 4.83 Å². The molecule has 0 aliphatic rings. The molecule has 1 N–H and O–H groups in total. The average molecular weight is 397 g/mol. The van der Waals surface area contributed by atoms with E-state index in [4.69, 9.17) is 4.74 Å². The van der Waals surface area contributed by atoms with E-state index in [0.717, 1.165) is 15.6 Å². The molecule has 0 aliphatic carbocycles. The molecule has 2 aromatic rings. The van der Waals surface area contributed by atoms with Crippen LogP contribution in [0.4, 0.5) is 0 Å². The Hall–Kier alpha value is -1.86. The lowest BCUT2D eigenvalue weighted by Gasteiger charge is -2.08. The van der Waals surface area contributed by atoms with E-state index in [9.17, 15) is 8.42 Å². The quantitative estimate of drug-likeness (QED) is 0.621. The van der Waals surface area contributed by atoms with Crippen molar-refractivity contribution >= 4 is 32.2 Å². The monoisotopic (exact) mass is 396 g/mol. The van der Waals surface area contributed by atoms with E-state index in [-0.39, 0.29) is 4.90 Å². The van der Waals surface area contributed by atoms with E-state index in [1.165, 1.54) is 6.21 Å². The Kier molecular flexibility index (Phi) is 5.43. The van der Waals surface area contributed by atoms with Gasteiger partial charge in [0.25, 0.3) is 10.0 Å². The highest BCUT2D eigenvalue weighted by atomic mass is 79.9. The van der Waals surface area contributed by atoms with E-state index in [1.54, 1.807) is 44.4 Å². The van der Waals surface area contributed by atoms with Gasteiger partial charge in [0.2, 0.25) is 0 Å². The lowest BCUT2D eigenvalue weighted by molar-refractivity contribution is 0.412. The van der Waals surface area contributed by atoms with Crippen molar-refractivity contribution in [3.05, 3.63) is 57.6 Å². The van der Waals surface area contributed by atoms with E-state index < -0.39 is 10.0 Å². The number of nitrogens with zero attached hydrogens (tertiary/aromatic N) is 1. The summed E-state index contributed by atoms with van der Waals surface area (Å²) in [6.45, 7) is 3.59. The van der Waals surface area contributed by atoms with Gasteiger partial charge in [0.05, 0.1) is 22.7 Å². The molecule has 2 aromatic carbocycles. The number of halogens is 1. The van der Waals surface area contributed by atoms with Gasteiger partial charge in [0.1, 0.15) is 5.75 Å². The van der Waals surface area contributed by atoms with Gasteiger partial charge in [0, 0.05) is 0 Å². The molecule has 2 rings (SSSR count). The van der Waals surface area contributed by atoms with Crippen molar-refractivity contribution in [2.24, 2.45) is 5.10 Å². The number of hydrogen-bond donors (Lipinski definition) is 1. The number of hydrazone groups is 1. The Bertz CT molecular complexity index is 848. The second-order valence-electron chi connectivity index (χ2n) is 5.02. The Morgan fingerprint density at radius 2 is 1.91 bits per heavy atom. The average Bonchev–Trinajstić information content (AvgIpc) is 2.49. The normalized spacial score (nSPS) is 11.7. The predicted octanol–water partition coefficient (Wildman–Crippen LogP) is 3.39. The first-order valence-corrected chi connectivity index (χ1v) is 9.07. The van der Waals surface area contributed by atoms with Gasteiger partial charge in [-0.05, 0) is 70.7 Å². The number of sulfonamides is 1. The molecule has 0 fully saturated rings. The zero-order chi connectivity index (χ0) is 17.0. The number of methoxy groups -OCH3 is 1. The van der Waals surface area contributed by atoms with E-state index >= 15 is 0 Å². The molecule has 0 atom stereocenters. The summed E-state index contributed by atoms with van der Waals surface area (Å²) in [5.41, 5.74) is 2.28. The minimum atomic E-state index is -3.69. The summed E-state index contributed by atoms with van der Waals surface area (Å²) >= 11 is 3.37. The highest BCUT2D eigenvalue weighted by Crippen LogP contribution is 2.24. The lowest BCUT2D eigenvalue weighted by atomic mass is 10.2. The molecule has 0 aromatic heterocycles. The van der Waals surface area contributed by atoms with Crippen LogP contribution in [-0.4, -0.2) is 21.7 Å². The minimum Gasteiger partial charge on any atom is -0.496 e. The summed E-state index contributed by atoms with van der Waals surface area (Å²) in [4.78, 5) is 2.46. The Balaban J connectivity index is 2.19. The number of ether oxygens (including phenoxy) is 1. The Morgan fingerprint density at radius 3 is 2.57 bits per heavy atom. The minimum absolute atomic E-state index is 0.227. The van der Waals surface area contributed by atoms with Crippen molar-refractivity contribution in [2.45, 2.75) is 18.7 Å². The van der Waals surface area contributed by atoms with Crippen molar-refractivity contribution in [1.29, 1.82) is 0 Å². The van der Waals surface area contributed by atoms with Gasteiger partial charge in [-0.2, -0.15) is 13.5 Å². The molecule has 0 saturated heterocycles. The maximum atomic E-state index is 12.3. The number of rotatable bonds is 5. The number of aryl methyl sites for hydroxylation is 2. The highest BCUT2D eigenvalue weighted by Gasteiger charge is 2.15. The van der Waals surface area contributed by atoms with Crippen LogP contribution in [0, 0.1) is 13.8 Å². The second kappa shape index (κ2) is 7.14. The molecule has 0 amide bonds. The molecule has 0 heterocycles. The first-order chi connectivity index (χ1) is 10.8. The van der Waals surface area contributed by atoms with E-state index in [2.05, 4.69) is 25.9 Å². The molecule has 122 valence electrons. The number of benzene rings is 2. The van der Waals surface area contributed by atoms with Crippen molar-refractivity contribution < 1.29 is 13.2 Å². The smallest absolute Gasteiger partial charge is 0.276 e. The molecule has 0 saturated carbocycles. The van der Waals surface area contributed by atoms with Crippen LogP contribution < -0.4 is 9.57 Å². The van der Waals surface area contributed by atoms with Crippen LogP contribution in [0.15, 0.2) is 50.9 Å². The third kappa shape index (κ3) is 4.33. The molecule has 7 heteroatoms. The Labute approximate surface area is 144 Å². The fourth-order valence-corrected chi connectivity index (χ4v) is 3.66. The molecule has 0 aliphatic heterocycles. The van der Waals surface area contributed by atoms with Crippen molar-refractivity contribution in [3.63, 3.8) is 0 Å². The third-order valence-corrected chi connectivity index (χ3v) is 5.18. The van der Waals surface area contributed by atoms with Crippen LogP contribution in [0.1, 0.15) is 16.7 Å². The molecule has 5 nitrogen and oxygen atoms in total. The van der Waals surface area contributed by atoms with Crippen LogP contribution in [0.25, 0.3) is 0 Å². The van der Waals surface area contributed by atoms with Gasteiger partial charge in [-0.15, -0.1) is 0 Å². The molecule has 0 spiro atoms. The van der Waals surface area contributed by atoms with Crippen LogP contribution >= 0.6 is 15.9 Å². The van der Waals surface area contributed by atoms with E-state index in [1.807, 2.05) is 13.0 Å². The predicted molar refractivity (Wildman–Crippen MR) is 94.5 cm³/mol. The van der Waals surface area contributed by atoms with Gasteiger partial charge in [0.15, 0.2) is 0 Å². The SMILES string of the molecule is COc1ccc(/C=N\NS(=O)(=O)c2cc(C)ccc2C)cc1Br.